The maximum Gasteiger partial charge on any atom is 0.300 e. The molecule has 168 valence electrons. The second-order valence-electron chi connectivity index (χ2n) is 7.93. The number of methoxy groups -OCH3 is 1. The number of nitrogens with zero attached hydrogens (tertiary/aromatic N) is 1. The molecule has 0 aromatic heterocycles. The standard InChI is InChI=1S/C27H24ClNO4/c1-4-17-10-12-18(13-11-17)23-22(24(30)20-14-16(2)15-21(28)26(20)33-3)25(31)27(32)29(23)19-8-6-5-7-9-19/h5-15,23,30H,4H2,1-3H3/b24-22+. The highest BCUT2D eigenvalue weighted by molar-refractivity contribution is 6.51. The molecule has 0 radical (unpaired) electrons. The maximum absolute atomic E-state index is 13.3. The van der Waals surface area contributed by atoms with Crippen molar-refractivity contribution >= 4 is 34.7 Å². The number of amides is 1. The number of hydrogen-bond donors (Lipinski definition) is 1. The Morgan fingerprint density at radius 3 is 2.33 bits per heavy atom. The molecule has 1 fully saturated rings. The first kappa shape index (κ1) is 22.6. The molecule has 0 spiro atoms. The number of anilines is 1. The molecule has 0 saturated carbocycles. The van der Waals surface area contributed by atoms with Crippen LogP contribution in [0.5, 0.6) is 5.75 Å². The number of aliphatic hydroxyl groups excluding tert-OH is 1. The van der Waals surface area contributed by atoms with Gasteiger partial charge in [0.25, 0.3) is 11.7 Å². The number of ether oxygens (including phenoxy) is 1. The van der Waals surface area contributed by atoms with Crippen LogP contribution in [0.1, 0.15) is 35.2 Å². The quantitative estimate of drug-likeness (QED) is 0.294. The van der Waals surface area contributed by atoms with Gasteiger partial charge in [-0.05, 0) is 54.3 Å². The molecule has 1 N–H and O–H groups in total. The molecule has 5 nitrogen and oxygen atoms in total. The van der Waals surface area contributed by atoms with Crippen molar-refractivity contribution in [3.8, 4) is 5.75 Å². The largest absolute Gasteiger partial charge is 0.507 e. The molecule has 0 aliphatic carbocycles. The fourth-order valence-corrected chi connectivity index (χ4v) is 4.55. The topological polar surface area (TPSA) is 66.8 Å². The molecule has 1 unspecified atom stereocenters. The number of benzene rings is 3. The van der Waals surface area contributed by atoms with Crippen LogP contribution in [-0.4, -0.2) is 23.9 Å². The van der Waals surface area contributed by atoms with Crippen LogP contribution >= 0.6 is 11.6 Å². The minimum absolute atomic E-state index is 0.00642. The Bertz CT molecular complexity index is 1250. The van der Waals surface area contributed by atoms with Gasteiger partial charge in [-0.1, -0.05) is 61.0 Å². The lowest BCUT2D eigenvalue weighted by molar-refractivity contribution is -0.132. The first-order valence-electron chi connectivity index (χ1n) is 10.7. The Hall–Kier alpha value is -3.57. The lowest BCUT2D eigenvalue weighted by atomic mass is 9.93. The molecule has 1 aliphatic heterocycles. The first-order valence-corrected chi connectivity index (χ1v) is 11.0. The molecular formula is C27H24ClNO4. The summed E-state index contributed by atoms with van der Waals surface area (Å²) in [7, 11) is 1.44. The van der Waals surface area contributed by atoms with Crippen molar-refractivity contribution in [3.63, 3.8) is 0 Å². The van der Waals surface area contributed by atoms with E-state index >= 15 is 0 Å². The zero-order valence-electron chi connectivity index (χ0n) is 18.6. The average Bonchev–Trinajstić information content (AvgIpc) is 3.09. The number of carbonyl (C=O) groups is 2. The van der Waals surface area contributed by atoms with Crippen LogP contribution in [0.25, 0.3) is 5.76 Å². The van der Waals surface area contributed by atoms with Gasteiger partial charge < -0.3 is 9.84 Å². The summed E-state index contributed by atoms with van der Waals surface area (Å²) in [5.74, 6) is -1.55. The highest BCUT2D eigenvalue weighted by atomic mass is 35.5. The van der Waals surface area contributed by atoms with E-state index in [1.165, 1.54) is 12.0 Å². The van der Waals surface area contributed by atoms with Crippen molar-refractivity contribution in [3.05, 3.63) is 99.6 Å². The number of carbonyl (C=O) groups excluding carboxylic acids is 2. The van der Waals surface area contributed by atoms with Crippen LogP contribution < -0.4 is 9.64 Å². The highest BCUT2D eigenvalue weighted by Gasteiger charge is 2.47. The van der Waals surface area contributed by atoms with E-state index in [1.807, 2.05) is 37.3 Å². The van der Waals surface area contributed by atoms with Gasteiger partial charge in [-0.15, -0.1) is 0 Å². The molecule has 3 aromatic carbocycles. The molecule has 3 aromatic rings. The molecule has 1 amide bonds. The van der Waals surface area contributed by atoms with Gasteiger partial charge in [0, 0.05) is 5.69 Å². The average molecular weight is 462 g/mol. The van der Waals surface area contributed by atoms with E-state index in [2.05, 4.69) is 6.92 Å². The normalized spacial score (nSPS) is 17.5. The van der Waals surface area contributed by atoms with E-state index in [9.17, 15) is 14.7 Å². The number of rotatable bonds is 5. The number of hydrogen-bond acceptors (Lipinski definition) is 4. The Labute approximate surface area is 197 Å². The van der Waals surface area contributed by atoms with Crippen molar-refractivity contribution in [2.45, 2.75) is 26.3 Å². The summed E-state index contributed by atoms with van der Waals surface area (Å²) in [5, 5.41) is 11.7. The third kappa shape index (κ3) is 4.00. The zero-order chi connectivity index (χ0) is 23.7. The lowest BCUT2D eigenvalue weighted by Gasteiger charge is -2.25. The van der Waals surface area contributed by atoms with E-state index in [4.69, 9.17) is 16.3 Å². The summed E-state index contributed by atoms with van der Waals surface area (Å²) in [6.07, 6.45) is 0.859. The van der Waals surface area contributed by atoms with Crippen LogP contribution in [0.15, 0.2) is 72.3 Å². The molecule has 1 heterocycles. The zero-order valence-corrected chi connectivity index (χ0v) is 19.4. The van der Waals surface area contributed by atoms with E-state index in [0.717, 1.165) is 23.1 Å². The van der Waals surface area contributed by atoms with Crippen molar-refractivity contribution in [2.75, 3.05) is 12.0 Å². The minimum atomic E-state index is -0.803. The van der Waals surface area contributed by atoms with E-state index < -0.39 is 17.7 Å². The van der Waals surface area contributed by atoms with Crippen LogP contribution in [0.4, 0.5) is 5.69 Å². The van der Waals surface area contributed by atoms with Crippen LogP contribution in [0.3, 0.4) is 0 Å². The summed E-state index contributed by atoms with van der Waals surface area (Å²) < 4.78 is 5.42. The smallest absolute Gasteiger partial charge is 0.300 e. The van der Waals surface area contributed by atoms with Gasteiger partial charge >= 0.3 is 0 Å². The van der Waals surface area contributed by atoms with Gasteiger partial charge in [0.1, 0.15) is 11.5 Å². The third-order valence-electron chi connectivity index (χ3n) is 5.83. The van der Waals surface area contributed by atoms with Gasteiger partial charge in [0.2, 0.25) is 0 Å². The predicted molar refractivity (Wildman–Crippen MR) is 130 cm³/mol. The monoisotopic (exact) mass is 461 g/mol. The maximum atomic E-state index is 13.3. The van der Waals surface area contributed by atoms with Crippen molar-refractivity contribution in [1.82, 2.24) is 0 Å². The second-order valence-corrected chi connectivity index (χ2v) is 8.33. The number of aliphatic hydroxyl groups is 1. The summed E-state index contributed by atoms with van der Waals surface area (Å²) in [5.41, 5.74) is 3.45. The molecular weight excluding hydrogens is 438 g/mol. The first-order chi connectivity index (χ1) is 15.9. The molecule has 1 saturated heterocycles. The van der Waals surface area contributed by atoms with Gasteiger partial charge in [0.05, 0.1) is 29.3 Å². The van der Waals surface area contributed by atoms with Gasteiger partial charge in [-0.2, -0.15) is 0 Å². The van der Waals surface area contributed by atoms with Gasteiger partial charge in [-0.25, -0.2) is 0 Å². The van der Waals surface area contributed by atoms with Gasteiger partial charge in [-0.3, -0.25) is 14.5 Å². The molecule has 33 heavy (non-hydrogen) atoms. The summed E-state index contributed by atoms with van der Waals surface area (Å²) in [6.45, 7) is 3.88. The number of halogens is 1. The Kier molecular flexibility index (Phi) is 6.25. The molecule has 6 heteroatoms. The summed E-state index contributed by atoms with van der Waals surface area (Å²) >= 11 is 6.34. The highest BCUT2D eigenvalue weighted by Crippen LogP contribution is 2.44. The minimum Gasteiger partial charge on any atom is -0.507 e. The summed E-state index contributed by atoms with van der Waals surface area (Å²) in [6, 6.07) is 19.3. The Balaban J connectivity index is 1.99. The molecule has 0 bridgehead atoms. The van der Waals surface area contributed by atoms with Crippen LogP contribution in [-0.2, 0) is 16.0 Å². The number of para-hydroxylation sites is 1. The van der Waals surface area contributed by atoms with Crippen molar-refractivity contribution in [2.24, 2.45) is 0 Å². The van der Waals surface area contributed by atoms with Crippen molar-refractivity contribution < 1.29 is 19.4 Å². The predicted octanol–water partition coefficient (Wildman–Crippen LogP) is 5.85. The number of ketones is 1. The SMILES string of the molecule is CCc1ccc(C2/C(=C(\O)c3cc(C)cc(Cl)c3OC)C(=O)C(=O)N2c2ccccc2)cc1. The van der Waals surface area contributed by atoms with Gasteiger partial charge in [0.15, 0.2) is 0 Å². The van der Waals surface area contributed by atoms with E-state index in [0.29, 0.717) is 10.7 Å². The second kappa shape index (κ2) is 9.12. The van der Waals surface area contributed by atoms with Crippen LogP contribution in [0, 0.1) is 6.92 Å². The molecule has 1 atom stereocenters. The number of Topliss-reactive ketones (excluding diaryl/α,β-unsaturated/α-hetero) is 1. The summed E-state index contributed by atoms with van der Waals surface area (Å²) in [4.78, 5) is 27.9. The van der Waals surface area contributed by atoms with Crippen LogP contribution in [0.2, 0.25) is 5.02 Å². The number of aryl methyl sites for hydroxylation is 2. The molecule has 1 aliphatic rings. The Morgan fingerprint density at radius 2 is 1.73 bits per heavy atom. The fraction of sp³-hybridized carbons (Fsp3) is 0.185. The van der Waals surface area contributed by atoms with Crippen molar-refractivity contribution in [1.29, 1.82) is 0 Å². The third-order valence-corrected chi connectivity index (χ3v) is 6.11. The Morgan fingerprint density at radius 1 is 1.06 bits per heavy atom. The molecule has 4 rings (SSSR count). The lowest BCUT2D eigenvalue weighted by Crippen LogP contribution is -2.29. The van der Waals surface area contributed by atoms with E-state index in [1.54, 1.807) is 36.4 Å². The fourth-order valence-electron chi connectivity index (χ4n) is 4.20. The van der Waals surface area contributed by atoms with E-state index in [-0.39, 0.29) is 22.6 Å².